The van der Waals surface area contributed by atoms with Crippen molar-refractivity contribution < 1.29 is 9.53 Å². The van der Waals surface area contributed by atoms with Gasteiger partial charge in [-0.05, 0) is 46.6 Å². The van der Waals surface area contributed by atoms with Crippen molar-refractivity contribution in [2.75, 3.05) is 7.11 Å². The Bertz CT molecular complexity index is 591. The molecule has 0 bridgehead atoms. The van der Waals surface area contributed by atoms with Gasteiger partial charge >= 0.3 is 0 Å². The Morgan fingerprint density at radius 2 is 1.72 bits per heavy atom. The third-order valence-electron chi connectivity index (χ3n) is 2.79. The molecule has 2 nitrogen and oxygen atoms in total. The van der Waals surface area contributed by atoms with Crippen LogP contribution in [0.3, 0.4) is 0 Å². The van der Waals surface area contributed by atoms with E-state index < -0.39 is 0 Å². The van der Waals surface area contributed by atoms with Crippen molar-refractivity contribution in [2.24, 2.45) is 0 Å². The first kappa shape index (κ1) is 12.8. The van der Waals surface area contributed by atoms with Crippen LogP contribution in [0.25, 0.3) is 0 Å². The summed E-state index contributed by atoms with van der Waals surface area (Å²) in [5.41, 5.74) is 2.27. The standard InChI is InChI=1S/C15H13BrO2/c1-10-6-5-8-12(14(10)16)15(17)11-7-3-4-9-13(11)18-2/h3-9H,1-2H3. The number of carbonyl (C=O) groups is 1. The van der Waals surface area contributed by atoms with Crippen molar-refractivity contribution in [2.45, 2.75) is 6.92 Å². The van der Waals surface area contributed by atoms with Gasteiger partial charge in [-0.2, -0.15) is 0 Å². The van der Waals surface area contributed by atoms with Crippen molar-refractivity contribution in [1.29, 1.82) is 0 Å². The summed E-state index contributed by atoms with van der Waals surface area (Å²) in [7, 11) is 1.57. The second-order valence-electron chi connectivity index (χ2n) is 3.97. The van der Waals surface area contributed by atoms with E-state index in [1.807, 2.05) is 37.3 Å². The number of ether oxygens (including phenoxy) is 1. The third-order valence-corrected chi connectivity index (χ3v) is 3.84. The van der Waals surface area contributed by atoms with Gasteiger partial charge in [0.05, 0.1) is 12.7 Å². The summed E-state index contributed by atoms with van der Waals surface area (Å²) < 4.78 is 6.06. The minimum Gasteiger partial charge on any atom is -0.496 e. The molecule has 0 fully saturated rings. The van der Waals surface area contributed by atoms with Crippen LogP contribution in [0.15, 0.2) is 46.9 Å². The first-order chi connectivity index (χ1) is 8.65. The number of benzene rings is 2. The Labute approximate surface area is 115 Å². The van der Waals surface area contributed by atoms with Crippen LogP contribution >= 0.6 is 15.9 Å². The molecule has 0 heterocycles. The van der Waals surface area contributed by atoms with E-state index in [0.29, 0.717) is 16.9 Å². The van der Waals surface area contributed by atoms with Gasteiger partial charge in [0.2, 0.25) is 0 Å². The predicted molar refractivity (Wildman–Crippen MR) is 75.3 cm³/mol. The Morgan fingerprint density at radius 1 is 1.06 bits per heavy atom. The number of aryl methyl sites for hydroxylation is 1. The molecule has 0 aliphatic carbocycles. The maximum Gasteiger partial charge on any atom is 0.197 e. The molecule has 0 amide bonds. The van der Waals surface area contributed by atoms with Crippen LogP contribution < -0.4 is 4.74 Å². The molecule has 2 aromatic carbocycles. The molecule has 0 spiro atoms. The maximum atomic E-state index is 12.5. The summed E-state index contributed by atoms with van der Waals surface area (Å²) in [4.78, 5) is 12.5. The second kappa shape index (κ2) is 5.36. The highest BCUT2D eigenvalue weighted by molar-refractivity contribution is 9.10. The SMILES string of the molecule is COc1ccccc1C(=O)c1cccc(C)c1Br. The van der Waals surface area contributed by atoms with Gasteiger partial charge in [0.25, 0.3) is 0 Å². The number of ketones is 1. The van der Waals surface area contributed by atoms with E-state index in [1.165, 1.54) is 0 Å². The lowest BCUT2D eigenvalue weighted by Gasteiger charge is -2.09. The fourth-order valence-corrected chi connectivity index (χ4v) is 2.24. The lowest BCUT2D eigenvalue weighted by atomic mass is 10.0. The lowest BCUT2D eigenvalue weighted by molar-refractivity contribution is 0.103. The molecule has 0 aromatic heterocycles. The molecular formula is C15H13BrO2. The van der Waals surface area contributed by atoms with Crippen LogP contribution in [-0.4, -0.2) is 12.9 Å². The van der Waals surface area contributed by atoms with Crippen LogP contribution in [0.4, 0.5) is 0 Å². The smallest absolute Gasteiger partial charge is 0.197 e. The van der Waals surface area contributed by atoms with Crippen LogP contribution in [0.2, 0.25) is 0 Å². The van der Waals surface area contributed by atoms with Crippen LogP contribution in [0.5, 0.6) is 5.75 Å². The summed E-state index contributed by atoms with van der Waals surface area (Å²) in [6.07, 6.45) is 0. The molecule has 0 saturated heterocycles. The molecule has 0 N–H and O–H groups in total. The molecule has 0 unspecified atom stereocenters. The summed E-state index contributed by atoms with van der Waals surface area (Å²) in [5.74, 6) is 0.555. The first-order valence-corrected chi connectivity index (χ1v) is 6.37. The van der Waals surface area contributed by atoms with Crippen LogP contribution in [0, 0.1) is 6.92 Å². The van der Waals surface area contributed by atoms with Gasteiger partial charge in [0.15, 0.2) is 5.78 Å². The Kier molecular flexibility index (Phi) is 3.82. The molecule has 0 radical (unpaired) electrons. The van der Waals surface area contributed by atoms with Gasteiger partial charge in [-0.25, -0.2) is 0 Å². The molecular weight excluding hydrogens is 292 g/mol. The number of halogens is 1. The van der Waals surface area contributed by atoms with E-state index in [4.69, 9.17) is 4.74 Å². The third kappa shape index (κ3) is 2.31. The monoisotopic (exact) mass is 304 g/mol. The van der Waals surface area contributed by atoms with Crippen molar-refractivity contribution in [3.63, 3.8) is 0 Å². The van der Waals surface area contributed by atoms with E-state index in [-0.39, 0.29) is 5.78 Å². The van der Waals surface area contributed by atoms with E-state index in [2.05, 4.69) is 15.9 Å². The zero-order chi connectivity index (χ0) is 13.1. The number of carbonyl (C=O) groups excluding carboxylic acids is 1. The zero-order valence-corrected chi connectivity index (χ0v) is 11.8. The zero-order valence-electron chi connectivity index (χ0n) is 10.2. The summed E-state index contributed by atoms with van der Waals surface area (Å²) in [5, 5.41) is 0. The van der Waals surface area contributed by atoms with Gasteiger partial charge in [-0.15, -0.1) is 0 Å². The topological polar surface area (TPSA) is 26.3 Å². The van der Waals surface area contributed by atoms with Crippen LogP contribution in [0.1, 0.15) is 21.5 Å². The lowest BCUT2D eigenvalue weighted by Crippen LogP contribution is -2.05. The van der Waals surface area contributed by atoms with E-state index in [0.717, 1.165) is 10.0 Å². The highest BCUT2D eigenvalue weighted by Gasteiger charge is 2.16. The molecule has 92 valence electrons. The van der Waals surface area contributed by atoms with Gasteiger partial charge in [0.1, 0.15) is 5.75 Å². The predicted octanol–water partition coefficient (Wildman–Crippen LogP) is 4.00. The molecule has 0 saturated carbocycles. The van der Waals surface area contributed by atoms with Gasteiger partial charge in [-0.1, -0.05) is 24.3 Å². The minimum atomic E-state index is -0.0389. The summed E-state index contributed by atoms with van der Waals surface area (Å²) in [6.45, 7) is 1.96. The normalized spacial score (nSPS) is 10.2. The Hall–Kier alpha value is -1.61. The van der Waals surface area contributed by atoms with Gasteiger partial charge < -0.3 is 4.74 Å². The summed E-state index contributed by atoms with van der Waals surface area (Å²) >= 11 is 3.46. The van der Waals surface area contributed by atoms with Crippen LogP contribution in [-0.2, 0) is 0 Å². The Morgan fingerprint density at radius 3 is 2.44 bits per heavy atom. The fraction of sp³-hybridized carbons (Fsp3) is 0.133. The molecule has 0 aliphatic rings. The second-order valence-corrected chi connectivity index (χ2v) is 4.76. The van der Waals surface area contributed by atoms with Gasteiger partial charge in [-0.3, -0.25) is 4.79 Å². The van der Waals surface area contributed by atoms with Crippen molar-refractivity contribution in [1.82, 2.24) is 0 Å². The highest BCUT2D eigenvalue weighted by atomic mass is 79.9. The Balaban J connectivity index is 2.52. The number of rotatable bonds is 3. The van der Waals surface area contributed by atoms with E-state index >= 15 is 0 Å². The highest BCUT2D eigenvalue weighted by Crippen LogP contribution is 2.27. The maximum absolute atomic E-state index is 12.5. The van der Waals surface area contributed by atoms with Crippen molar-refractivity contribution in [3.05, 3.63) is 63.6 Å². The molecule has 2 aromatic rings. The summed E-state index contributed by atoms with van der Waals surface area (Å²) in [6, 6.07) is 12.9. The molecule has 18 heavy (non-hydrogen) atoms. The molecule has 3 heteroatoms. The average molecular weight is 305 g/mol. The number of methoxy groups -OCH3 is 1. The number of hydrogen-bond donors (Lipinski definition) is 0. The molecule has 2 rings (SSSR count). The largest absolute Gasteiger partial charge is 0.496 e. The minimum absolute atomic E-state index is 0.0389. The van der Waals surface area contributed by atoms with E-state index in [1.54, 1.807) is 19.2 Å². The average Bonchev–Trinajstić information content (AvgIpc) is 2.41. The van der Waals surface area contributed by atoms with Crippen molar-refractivity contribution in [3.8, 4) is 5.75 Å². The van der Waals surface area contributed by atoms with Gasteiger partial charge in [0, 0.05) is 10.0 Å². The fourth-order valence-electron chi connectivity index (χ4n) is 1.80. The first-order valence-electron chi connectivity index (χ1n) is 5.58. The van der Waals surface area contributed by atoms with Crippen molar-refractivity contribution >= 4 is 21.7 Å². The number of para-hydroxylation sites is 1. The molecule has 0 atom stereocenters. The quantitative estimate of drug-likeness (QED) is 0.801. The van der Waals surface area contributed by atoms with E-state index in [9.17, 15) is 4.79 Å². The molecule has 0 aliphatic heterocycles. The number of hydrogen-bond acceptors (Lipinski definition) is 2.